The Bertz CT molecular complexity index is 519. The van der Waals surface area contributed by atoms with Crippen molar-refractivity contribution in [2.75, 3.05) is 14.1 Å². The molecular formula is C11H10NO3S+. The molecule has 0 atom stereocenters. The van der Waals surface area contributed by atoms with Crippen molar-refractivity contribution in [2.24, 2.45) is 0 Å². The molecule has 2 aliphatic rings. The van der Waals surface area contributed by atoms with Crippen molar-refractivity contribution in [1.29, 1.82) is 0 Å². The Morgan fingerprint density at radius 3 is 2.38 bits per heavy atom. The van der Waals surface area contributed by atoms with Gasteiger partial charge >= 0.3 is 0 Å². The number of rotatable bonds is 0. The van der Waals surface area contributed by atoms with Gasteiger partial charge in [-0.15, -0.1) is 0 Å². The third-order valence-electron chi connectivity index (χ3n) is 2.25. The Morgan fingerprint density at radius 1 is 1.25 bits per heavy atom. The second-order valence-corrected chi connectivity index (χ2v) is 4.69. The zero-order valence-electron chi connectivity index (χ0n) is 8.85. The first-order valence-corrected chi connectivity index (χ1v) is 5.46. The Hall–Kier alpha value is -1.62. The number of Topliss-reactive ketones (excluding diaryl/α,β-unsaturated/α-hetero) is 1. The smallest absolute Gasteiger partial charge is 0.239 e. The van der Waals surface area contributed by atoms with Crippen molar-refractivity contribution < 1.29 is 19.3 Å². The maximum Gasteiger partial charge on any atom is 0.239 e. The first-order valence-electron chi connectivity index (χ1n) is 4.65. The van der Waals surface area contributed by atoms with Crippen molar-refractivity contribution in [2.45, 2.75) is 0 Å². The van der Waals surface area contributed by atoms with E-state index in [1.807, 2.05) is 24.7 Å². The summed E-state index contributed by atoms with van der Waals surface area (Å²) < 4.78 is 1.90. The molecule has 4 nitrogen and oxygen atoms in total. The van der Waals surface area contributed by atoms with Gasteiger partial charge in [-0.2, -0.15) is 0 Å². The summed E-state index contributed by atoms with van der Waals surface area (Å²) in [5.74, 6) is -1.53. The Morgan fingerprint density at radius 2 is 1.94 bits per heavy atom. The Balaban J connectivity index is 2.45. The highest BCUT2D eigenvalue weighted by Crippen LogP contribution is 2.34. The molecule has 0 spiro atoms. The molecule has 0 radical (unpaired) electrons. The van der Waals surface area contributed by atoms with Crippen molar-refractivity contribution in [3.05, 3.63) is 34.5 Å². The Kier molecular flexibility index (Phi) is 2.55. The van der Waals surface area contributed by atoms with Crippen molar-refractivity contribution >= 4 is 28.4 Å². The first-order chi connectivity index (χ1) is 7.50. The SMILES string of the molecule is C[N+](C)=C1C=C/C(=C2/C(=O)C(=O)C=C2O)S1. The summed E-state index contributed by atoms with van der Waals surface area (Å²) in [5, 5.41) is 10.5. The predicted octanol–water partition coefficient (Wildman–Crippen LogP) is 0.808. The molecule has 0 unspecified atom stereocenters. The topological polar surface area (TPSA) is 57.4 Å². The van der Waals surface area contributed by atoms with Crippen LogP contribution in [0.1, 0.15) is 0 Å². The van der Waals surface area contributed by atoms with Gasteiger partial charge in [0.2, 0.25) is 16.6 Å². The molecule has 2 rings (SSSR count). The second-order valence-electron chi connectivity index (χ2n) is 3.63. The number of hydrogen-bond donors (Lipinski definition) is 1. The summed E-state index contributed by atoms with van der Waals surface area (Å²) in [6.45, 7) is 0. The highest BCUT2D eigenvalue weighted by atomic mass is 32.2. The van der Waals surface area contributed by atoms with Gasteiger partial charge in [0.15, 0.2) is 0 Å². The minimum atomic E-state index is -0.660. The molecule has 1 aliphatic heterocycles. The molecular weight excluding hydrogens is 226 g/mol. The van der Waals surface area contributed by atoms with Crippen LogP contribution in [-0.4, -0.2) is 40.4 Å². The van der Waals surface area contributed by atoms with Crippen LogP contribution in [0.25, 0.3) is 0 Å². The van der Waals surface area contributed by atoms with Crippen LogP contribution in [-0.2, 0) is 9.59 Å². The molecule has 5 heteroatoms. The van der Waals surface area contributed by atoms with E-state index < -0.39 is 11.6 Å². The largest absolute Gasteiger partial charge is 0.507 e. The number of carbonyl (C=O) groups excluding carboxylic acids is 2. The number of thioether (sulfide) groups is 1. The lowest BCUT2D eigenvalue weighted by Gasteiger charge is -1.99. The molecule has 0 bridgehead atoms. The number of carbonyl (C=O) groups is 2. The van der Waals surface area contributed by atoms with Gasteiger partial charge in [-0.25, -0.2) is 4.58 Å². The van der Waals surface area contributed by atoms with Gasteiger partial charge < -0.3 is 5.11 Å². The van der Waals surface area contributed by atoms with Gasteiger partial charge in [-0.1, -0.05) is 0 Å². The van der Waals surface area contributed by atoms with Gasteiger partial charge in [0.1, 0.15) is 19.9 Å². The molecule has 1 aliphatic carbocycles. The van der Waals surface area contributed by atoms with Crippen molar-refractivity contribution in [3.8, 4) is 0 Å². The normalized spacial score (nSPS) is 24.4. The number of allylic oxidation sites excluding steroid dienone is 3. The maximum atomic E-state index is 11.5. The molecule has 0 aromatic heterocycles. The average Bonchev–Trinajstić information content (AvgIpc) is 2.74. The van der Waals surface area contributed by atoms with Gasteiger partial charge in [0, 0.05) is 17.1 Å². The summed E-state index contributed by atoms with van der Waals surface area (Å²) in [5.41, 5.74) is 0.114. The summed E-state index contributed by atoms with van der Waals surface area (Å²) in [7, 11) is 3.77. The van der Waals surface area contributed by atoms with Crippen LogP contribution >= 0.6 is 11.8 Å². The number of aliphatic hydroxyl groups is 1. The zero-order chi connectivity index (χ0) is 11.9. The van der Waals surface area contributed by atoms with E-state index in [0.29, 0.717) is 4.91 Å². The highest BCUT2D eigenvalue weighted by Gasteiger charge is 2.33. The fraction of sp³-hybridized carbons (Fsp3) is 0.182. The average molecular weight is 236 g/mol. The van der Waals surface area contributed by atoms with E-state index in [4.69, 9.17) is 0 Å². The highest BCUT2D eigenvalue weighted by molar-refractivity contribution is 8.18. The molecule has 0 saturated heterocycles. The lowest BCUT2D eigenvalue weighted by Crippen LogP contribution is -2.08. The molecule has 16 heavy (non-hydrogen) atoms. The van der Waals surface area contributed by atoms with Crippen LogP contribution in [0.15, 0.2) is 34.5 Å². The molecule has 1 N–H and O–H groups in total. The number of hydrogen-bond acceptors (Lipinski definition) is 4. The first kappa shape index (κ1) is 10.9. The monoisotopic (exact) mass is 236 g/mol. The standard InChI is InChI=1S/C11H9NO3S/c1-12(2)9-4-3-8(16-9)10-6(13)5-7(14)11(10)15/h3-5H,1-2H3/p+1/b10-8-. The quantitative estimate of drug-likeness (QED) is 0.384. The third-order valence-corrected chi connectivity index (χ3v) is 3.52. The fourth-order valence-corrected chi connectivity index (χ4v) is 2.42. The van der Waals surface area contributed by atoms with E-state index in [-0.39, 0.29) is 11.3 Å². The Labute approximate surface area is 96.7 Å². The lowest BCUT2D eigenvalue weighted by atomic mass is 10.2. The summed E-state index contributed by atoms with van der Waals surface area (Å²) >= 11 is 1.36. The second kappa shape index (κ2) is 3.75. The predicted molar refractivity (Wildman–Crippen MR) is 61.6 cm³/mol. The van der Waals surface area contributed by atoms with Crippen LogP contribution in [0.5, 0.6) is 0 Å². The number of aliphatic hydroxyl groups excluding tert-OH is 1. The minimum Gasteiger partial charge on any atom is -0.507 e. The molecule has 0 aromatic carbocycles. The van der Waals surface area contributed by atoms with E-state index in [0.717, 1.165) is 11.1 Å². The molecule has 0 aromatic rings. The van der Waals surface area contributed by atoms with E-state index >= 15 is 0 Å². The molecule has 0 saturated carbocycles. The minimum absolute atomic E-state index is 0.114. The van der Waals surface area contributed by atoms with Gasteiger partial charge in [-0.05, 0) is 17.8 Å². The van der Waals surface area contributed by atoms with Crippen LogP contribution in [0.3, 0.4) is 0 Å². The van der Waals surface area contributed by atoms with Gasteiger partial charge in [0.25, 0.3) is 0 Å². The van der Waals surface area contributed by atoms with Crippen molar-refractivity contribution in [1.82, 2.24) is 0 Å². The summed E-state index contributed by atoms with van der Waals surface area (Å²) in [6, 6.07) is 0. The van der Waals surface area contributed by atoms with E-state index in [1.54, 1.807) is 6.08 Å². The molecule has 0 amide bonds. The van der Waals surface area contributed by atoms with E-state index in [1.165, 1.54) is 11.8 Å². The number of nitrogens with zero attached hydrogens (tertiary/aromatic N) is 1. The summed E-state index contributed by atoms with van der Waals surface area (Å²) in [4.78, 5) is 23.2. The maximum absolute atomic E-state index is 11.5. The van der Waals surface area contributed by atoms with Crippen LogP contribution < -0.4 is 0 Å². The molecule has 1 heterocycles. The van der Waals surface area contributed by atoms with Gasteiger partial charge in [-0.3, -0.25) is 9.59 Å². The van der Waals surface area contributed by atoms with Gasteiger partial charge in [0.05, 0.1) is 5.57 Å². The van der Waals surface area contributed by atoms with Crippen LogP contribution in [0.4, 0.5) is 0 Å². The van der Waals surface area contributed by atoms with Crippen molar-refractivity contribution in [3.63, 3.8) is 0 Å². The van der Waals surface area contributed by atoms with E-state index in [9.17, 15) is 14.7 Å². The van der Waals surface area contributed by atoms with E-state index in [2.05, 4.69) is 0 Å². The fourth-order valence-electron chi connectivity index (χ4n) is 1.44. The molecule has 0 fully saturated rings. The zero-order valence-corrected chi connectivity index (χ0v) is 9.67. The van der Waals surface area contributed by atoms with Crippen LogP contribution in [0.2, 0.25) is 0 Å². The summed E-state index contributed by atoms with van der Waals surface area (Å²) in [6.07, 6.45) is 4.54. The van der Waals surface area contributed by atoms with Crippen LogP contribution in [0, 0.1) is 0 Å². The molecule has 82 valence electrons. The number of ketones is 2. The lowest BCUT2D eigenvalue weighted by molar-refractivity contribution is -0.460. The third kappa shape index (κ3) is 1.63.